The van der Waals surface area contributed by atoms with Crippen LogP contribution in [-0.4, -0.2) is 37.1 Å². The molecule has 6 N–H and O–H groups in total. The molecule has 9 heteroatoms. The predicted octanol–water partition coefficient (Wildman–Crippen LogP) is 2.04. The number of urea groups is 1. The van der Waals surface area contributed by atoms with Crippen LogP contribution in [0.2, 0.25) is 0 Å². The van der Waals surface area contributed by atoms with Gasteiger partial charge in [0, 0.05) is 31.6 Å². The number of pyridine rings is 1. The van der Waals surface area contributed by atoms with Crippen molar-refractivity contribution in [2.75, 3.05) is 31.3 Å². The van der Waals surface area contributed by atoms with Crippen molar-refractivity contribution >= 4 is 23.4 Å². The number of carbonyl (C=O) groups is 1. The fourth-order valence-electron chi connectivity index (χ4n) is 2.40. The lowest BCUT2D eigenvalue weighted by Crippen LogP contribution is -2.35. The Morgan fingerprint density at radius 3 is 2.67 bits per heavy atom. The number of amides is 2. The van der Waals surface area contributed by atoms with E-state index in [0.29, 0.717) is 23.4 Å². The van der Waals surface area contributed by atoms with Crippen LogP contribution in [0.15, 0.2) is 41.5 Å². The van der Waals surface area contributed by atoms with E-state index in [0.717, 1.165) is 0 Å². The topological polar surface area (TPSA) is 128 Å². The van der Waals surface area contributed by atoms with Gasteiger partial charge in [-0.05, 0) is 24.6 Å². The first kappa shape index (κ1) is 20.1. The van der Waals surface area contributed by atoms with Crippen LogP contribution in [0, 0.1) is 5.82 Å². The molecule has 144 valence electrons. The number of nitrogen functional groups attached to an aromatic ring is 1. The third-order valence-electron chi connectivity index (χ3n) is 3.69. The molecule has 1 aromatic heterocycles. The first-order chi connectivity index (χ1) is 12.9. The van der Waals surface area contributed by atoms with Crippen molar-refractivity contribution in [3.05, 3.63) is 53.5 Å². The van der Waals surface area contributed by atoms with Crippen LogP contribution in [0.1, 0.15) is 24.1 Å². The summed E-state index contributed by atoms with van der Waals surface area (Å²) in [7, 11) is 1.51. The van der Waals surface area contributed by atoms with Gasteiger partial charge < -0.3 is 21.5 Å². The number of benzene rings is 1. The maximum Gasteiger partial charge on any atom is 0.320 e. The van der Waals surface area contributed by atoms with Gasteiger partial charge in [0.15, 0.2) is 0 Å². The van der Waals surface area contributed by atoms with Gasteiger partial charge in [-0.15, -0.1) is 0 Å². The number of hydrogen-bond acceptors (Lipinski definition) is 5. The standard InChI is InChI=1S/C18H23FN6O2/c1-3-22-17(21)13-9-23-16(8-14(13)20)25-18(26)24-15(10-27-2)11-4-6-12(19)7-5-11/h4-9,15H,3,10H2,1-2H3,(H2,21,22)(H4,20,23,24,25,26). The summed E-state index contributed by atoms with van der Waals surface area (Å²) in [4.78, 5) is 20.5. The summed E-state index contributed by atoms with van der Waals surface area (Å²) in [5.41, 5.74) is 13.3. The zero-order valence-corrected chi connectivity index (χ0v) is 15.2. The van der Waals surface area contributed by atoms with E-state index in [4.69, 9.17) is 16.2 Å². The smallest absolute Gasteiger partial charge is 0.320 e. The average Bonchev–Trinajstić information content (AvgIpc) is 2.62. The first-order valence-electron chi connectivity index (χ1n) is 8.32. The van der Waals surface area contributed by atoms with Gasteiger partial charge in [0.25, 0.3) is 0 Å². The number of nitrogens with one attached hydrogen (secondary N) is 2. The van der Waals surface area contributed by atoms with E-state index in [1.54, 1.807) is 12.1 Å². The number of halogens is 1. The largest absolute Gasteiger partial charge is 0.398 e. The molecule has 2 aromatic rings. The van der Waals surface area contributed by atoms with Gasteiger partial charge in [-0.25, -0.2) is 14.2 Å². The lowest BCUT2D eigenvalue weighted by atomic mass is 10.1. The molecule has 0 aliphatic carbocycles. The second kappa shape index (κ2) is 9.48. The molecule has 0 aliphatic rings. The van der Waals surface area contributed by atoms with Gasteiger partial charge in [0.1, 0.15) is 17.5 Å². The molecule has 1 heterocycles. The monoisotopic (exact) mass is 374 g/mol. The van der Waals surface area contributed by atoms with Gasteiger partial charge in [-0.3, -0.25) is 10.3 Å². The Kier molecular flexibility index (Phi) is 7.07. The number of methoxy groups -OCH3 is 1. The highest BCUT2D eigenvalue weighted by atomic mass is 19.1. The zero-order valence-electron chi connectivity index (χ0n) is 15.2. The Balaban J connectivity index is 2.08. The highest BCUT2D eigenvalue weighted by Gasteiger charge is 2.16. The third-order valence-corrected chi connectivity index (χ3v) is 3.69. The normalized spacial score (nSPS) is 12.5. The van der Waals surface area contributed by atoms with Crippen molar-refractivity contribution in [1.82, 2.24) is 10.3 Å². The van der Waals surface area contributed by atoms with E-state index >= 15 is 0 Å². The van der Waals surface area contributed by atoms with Crippen LogP contribution in [0.4, 0.5) is 20.7 Å². The lowest BCUT2D eigenvalue weighted by molar-refractivity contribution is 0.168. The summed E-state index contributed by atoms with van der Waals surface area (Å²) in [6.07, 6.45) is 1.45. The quantitative estimate of drug-likeness (QED) is 0.435. The molecule has 0 bridgehead atoms. The van der Waals surface area contributed by atoms with Crippen LogP contribution in [-0.2, 0) is 4.74 Å². The van der Waals surface area contributed by atoms with Crippen molar-refractivity contribution in [1.29, 1.82) is 0 Å². The van der Waals surface area contributed by atoms with Crippen molar-refractivity contribution in [3.63, 3.8) is 0 Å². The minimum atomic E-state index is -0.503. The van der Waals surface area contributed by atoms with Crippen LogP contribution >= 0.6 is 0 Å². The molecule has 27 heavy (non-hydrogen) atoms. The summed E-state index contributed by atoms with van der Waals surface area (Å²) in [5.74, 6) is 0.188. The fraction of sp³-hybridized carbons (Fsp3) is 0.278. The van der Waals surface area contributed by atoms with E-state index in [1.807, 2.05) is 6.92 Å². The minimum Gasteiger partial charge on any atom is -0.398 e. The second-order valence-electron chi connectivity index (χ2n) is 5.67. The van der Waals surface area contributed by atoms with E-state index in [1.165, 1.54) is 31.5 Å². The highest BCUT2D eigenvalue weighted by Crippen LogP contribution is 2.17. The van der Waals surface area contributed by atoms with E-state index < -0.39 is 12.1 Å². The van der Waals surface area contributed by atoms with Crippen LogP contribution in [0.5, 0.6) is 0 Å². The molecule has 1 unspecified atom stereocenters. The van der Waals surface area contributed by atoms with Crippen molar-refractivity contribution in [3.8, 4) is 0 Å². The van der Waals surface area contributed by atoms with E-state index in [-0.39, 0.29) is 24.1 Å². The van der Waals surface area contributed by atoms with Crippen molar-refractivity contribution in [2.45, 2.75) is 13.0 Å². The molecule has 8 nitrogen and oxygen atoms in total. The molecular formula is C18H23FN6O2. The number of anilines is 2. The number of amidine groups is 1. The molecule has 0 radical (unpaired) electrons. The number of hydrogen-bond donors (Lipinski definition) is 4. The molecular weight excluding hydrogens is 351 g/mol. The van der Waals surface area contributed by atoms with E-state index in [2.05, 4.69) is 20.6 Å². The number of aliphatic imine (C=N–C) groups is 1. The van der Waals surface area contributed by atoms with Gasteiger partial charge in [-0.1, -0.05) is 12.1 Å². The molecule has 1 aromatic carbocycles. The minimum absolute atomic E-state index is 0.220. The molecule has 0 saturated heterocycles. The van der Waals surface area contributed by atoms with Crippen molar-refractivity contribution < 1.29 is 13.9 Å². The molecule has 0 spiro atoms. The van der Waals surface area contributed by atoms with Gasteiger partial charge in [0.2, 0.25) is 0 Å². The Morgan fingerprint density at radius 1 is 1.37 bits per heavy atom. The van der Waals surface area contributed by atoms with Crippen molar-refractivity contribution in [2.24, 2.45) is 10.7 Å². The predicted molar refractivity (Wildman–Crippen MR) is 103 cm³/mol. The van der Waals surface area contributed by atoms with Crippen LogP contribution in [0.3, 0.4) is 0 Å². The molecule has 2 amide bonds. The number of rotatable bonds is 7. The molecule has 0 fully saturated rings. The number of ether oxygens (including phenoxy) is 1. The second-order valence-corrected chi connectivity index (χ2v) is 5.67. The lowest BCUT2D eigenvalue weighted by Gasteiger charge is -2.19. The highest BCUT2D eigenvalue weighted by molar-refractivity contribution is 6.02. The Labute approximate surface area is 156 Å². The Bertz CT molecular complexity index is 810. The number of nitrogens with zero attached hydrogens (tertiary/aromatic N) is 2. The van der Waals surface area contributed by atoms with Gasteiger partial charge in [0.05, 0.1) is 18.2 Å². The average molecular weight is 374 g/mol. The summed E-state index contributed by atoms with van der Waals surface area (Å²) in [6, 6.07) is 6.34. The molecule has 1 atom stereocenters. The fourth-order valence-corrected chi connectivity index (χ4v) is 2.40. The third kappa shape index (κ3) is 5.65. The van der Waals surface area contributed by atoms with Crippen LogP contribution in [0.25, 0.3) is 0 Å². The Morgan fingerprint density at radius 2 is 2.07 bits per heavy atom. The summed E-state index contributed by atoms with van der Waals surface area (Å²) < 4.78 is 18.2. The molecule has 0 saturated carbocycles. The zero-order chi connectivity index (χ0) is 19.8. The summed E-state index contributed by atoms with van der Waals surface area (Å²) >= 11 is 0. The molecule has 2 rings (SSSR count). The number of nitrogens with two attached hydrogens (primary N) is 2. The SMILES string of the molecule is CCN=C(N)c1cnc(NC(=O)NC(COC)c2ccc(F)cc2)cc1N. The maximum atomic E-state index is 13.1. The Hall–Kier alpha value is -3.20. The maximum absolute atomic E-state index is 13.1. The first-order valence-corrected chi connectivity index (χ1v) is 8.32. The number of carbonyl (C=O) groups excluding carboxylic acids is 1. The molecule has 0 aliphatic heterocycles. The number of aromatic nitrogens is 1. The summed E-state index contributed by atoms with van der Waals surface area (Å²) in [6.45, 7) is 2.60. The summed E-state index contributed by atoms with van der Waals surface area (Å²) in [5, 5.41) is 5.35. The van der Waals surface area contributed by atoms with Gasteiger partial charge in [-0.2, -0.15) is 0 Å². The van der Waals surface area contributed by atoms with Gasteiger partial charge >= 0.3 is 6.03 Å². The van der Waals surface area contributed by atoms with E-state index in [9.17, 15) is 9.18 Å². The van der Waals surface area contributed by atoms with Crippen LogP contribution < -0.4 is 22.1 Å².